The quantitative estimate of drug-likeness (QED) is 0.514. The summed E-state index contributed by atoms with van der Waals surface area (Å²) in [4.78, 5) is 0. The SMILES string of the molecule is C=C1C[C@H]2[C@@H]3CCC[C@@]3(C)CC[C@@H]2[C@@]2(C)CCCC=C12. The highest BCUT2D eigenvalue weighted by atomic mass is 14.6. The molecule has 110 valence electrons. The van der Waals surface area contributed by atoms with Gasteiger partial charge in [-0.2, -0.15) is 0 Å². The predicted molar refractivity (Wildman–Crippen MR) is 85.5 cm³/mol. The summed E-state index contributed by atoms with van der Waals surface area (Å²) < 4.78 is 0. The Morgan fingerprint density at radius 2 is 1.90 bits per heavy atom. The van der Waals surface area contributed by atoms with E-state index in [1.807, 2.05) is 0 Å². The molecule has 0 aromatic heterocycles. The number of allylic oxidation sites excluding steroid dienone is 3. The van der Waals surface area contributed by atoms with Crippen molar-refractivity contribution in [3.05, 3.63) is 23.8 Å². The third-order valence-electron chi connectivity index (χ3n) is 7.76. The van der Waals surface area contributed by atoms with E-state index in [0.717, 1.165) is 17.8 Å². The van der Waals surface area contributed by atoms with Crippen LogP contribution in [0.2, 0.25) is 0 Å². The number of hydrogen-bond acceptors (Lipinski definition) is 0. The maximum atomic E-state index is 4.50. The van der Waals surface area contributed by atoms with Crippen molar-refractivity contribution in [3.63, 3.8) is 0 Å². The van der Waals surface area contributed by atoms with Crippen LogP contribution < -0.4 is 0 Å². The molecule has 20 heavy (non-hydrogen) atoms. The van der Waals surface area contributed by atoms with Crippen LogP contribution in [0.5, 0.6) is 0 Å². The molecule has 0 saturated heterocycles. The molecule has 5 atom stereocenters. The van der Waals surface area contributed by atoms with Crippen molar-refractivity contribution in [2.24, 2.45) is 28.6 Å². The first-order valence-electron chi connectivity index (χ1n) is 8.93. The maximum absolute atomic E-state index is 4.50. The van der Waals surface area contributed by atoms with Crippen molar-refractivity contribution >= 4 is 0 Å². The molecule has 0 aromatic rings. The molecule has 0 aliphatic heterocycles. The zero-order valence-corrected chi connectivity index (χ0v) is 13.4. The van der Waals surface area contributed by atoms with Crippen LogP contribution in [0.1, 0.15) is 71.6 Å². The first-order chi connectivity index (χ1) is 9.55. The van der Waals surface area contributed by atoms with Crippen LogP contribution in [0.25, 0.3) is 0 Å². The average molecular weight is 270 g/mol. The van der Waals surface area contributed by atoms with Gasteiger partial charge in [-0.3, -0.25) is 0 Å². The fraction of sp³-hybridized carbons (Fsp3) is 0.800. The highest BCUT2D eigenvalue weighted by Crippen LogP contribution is 2.66. The monoisotopic (exact) mass is 270 g/mol. The third-order valence-corrected chi connectivity index (χ3v) is 7.76. The maximum Gasteiger partial charge on any atom is -0.00447 e. The van der Waals surface area contributed by atoms with Gasteiger partial charge in [-0.25, -0.2) is 0 Å². The highest BCUT2D eigenvalue weighted by Gasteiger charge is 2.56. The first kappa shape index (κ1) is 13.2. The summed E-state index contributed by atoms with van der Waals surface area (Å²) in [6.07, 6.45) is 15.4. The summed E-state index contributed by atoms with van der Waals surface area (Å²) in [6.45, 7) is 9.68. The van der Waals surface area contributed by atoms with Crippen LogP contribution in [-0.4, -0.2) is 0 Å². The zero-order valence-electron chi connectivity index (χ0n) is 13.4. The van der Waals surface area contributed by atoms with Crippen molar-refractivity contribution in [2.75, 3.05) is 0 Å². The van der Waals surface area contributed by atoms with Gasteiger partial charge in [0.05, 0.1) is 0 Å². The Morgan fingerprint density at radius 3 is 2.75 bits per heavy atom. The van der Waals surface area contributed by atoms with E-state index in [9.17, 15) is 0 Å². The van der Waals surface area contributed by atoms with Gasteiger partial charge in [-0.1, -0.05) is 38.5 Å². The number of rotatable bonds is 0. The average Bonchev–Trinajstić information content (AvgIpc) is 2.81. The molecule has 3 fully saturated rings. The van der Waals surface area contributed by atoms with Gasteiger partial charge < -0.3 is 0 Å². The summed E-state index contributed by atoms with van der Waals surface area (Å²) in [6, 6.07) is 0. The Bertz CT molecular complexity index is 470. The van der Waals surface area contributed by atoms with Crippen LogP contribution in [0.3, 0.4) is 0 Å². The fourth-order valence-electron chi connectivity index (χ4n) is 6.77. The van der Waals surface area contributed by atoms with Gasteiger partial charge in [-0.15, -0.1) is 0 Å². The van der Waals surface area contributed by atoms with Crippen LogP contribution in [0, 0.1) is 28.6 Å². The molecular weight excluding hydrogens is 240 g/mol. The molecule has 0 bridgehead atoms. The van der Waals surface area contributed by atoms with E-state index < -0.39 is 0 Å². The molecule has 0 N–H and O–H groups in total. The lowest BCUT2D eigenvalue weighted by atomic mass is 9.47. The molecule has 4 aliphatic carbocycles. The molecule has 4 aliphatic rings. The summed E-state index contributed by atoms with van der Waals surface area (Å²) in [5.74, 6) is 2.90. The molecule has 0 aromatic carbocycles. The van der Waals surface area contributed by atoms with Crippen LogP contribution in [0.4, 0.5) is 0 Å². The molecule has 0 unspecified atom stereocenters. The Hall–Kier alpha value is -0.520. The van der Waals surface area contributed by atoms with Crippen molar-refractivity contribution in [3.8, 4) is 0 Å². The van der Waals surface area contributed by atoms with E-state index in [2.05, 4.69) is 26.5 Å². The smallest absolute Gasteiger partial charge is 0.00447 e. The normalized spacial score (nSPS) is 51.0. The second-order valence-electron chi connectivity index (χ2n) is 8.70. The highest BCUT2D eigenvalue weighted by molar-refractivity contribution is 5.40. The Labute approximate surface area is 124 Å². The fourth-order valence-corrected chi connectivity index (χ4v) is 6.77. The van der Waals surface area contributed by atoms with Crippen LogP contribution >= 0.6 is 0 Å². The van der Waals surface area contributed by atoms with E-state index in [4.69, 9.17) is 0 Å². The minimum absolute atomic E-state index is 0.474. The summed E-state index contributed by atoms with van der Waals surface area (Å²) in [5.41, 5.74) is 4.33. The Balaban J connectivity index is 1.74. The second-order valence-corrected chi connectivity index (χ2v) is 8.70. The van der Waals surface area contributed by atoms with Gasteiger partial charge in [0.25, 0.3) is 0 Å². The Morgan fingerprint density at radius 1 is 1.05 bits per heavy atom. The molecule has 4 rings (SSSR count). The molecule has 0 heterocycles. The van der Waals surface area contributed by atoms with Gasteiger partial charge >= 0.3 is 0 Å². The Kier molecular flexibility index (Phi) is 2.79. The zero-order chi connectivity index (χ0) is 14.0. The van der Waals surface area contributed by atoms with Gasteiger partial charge in [0.1, 0.15) is 0 Å². The van der Waals surface area contributed by atoms with Crippen LogP contribution in [-0.2, 0) is 0 Å². The van der Waals surface area contributed by atoms with E-state index in [-0.39, 0.29) is 0 Å². The molecule has 0 heteroatoms. The molecule has 3 saturated carbocycles. The lowest BCUT2D eigenvalue weighted by molar-refractivity contribution is -0.0246. The van der Waals surface area contributed by atoms with Crippen molar-refractivity contribution in [1.82, 2.24) is 0 Å². The minimum Gasteiger partial charge on any atom is -0.0955 e. The van der Waals surface area contributed by atoms with Crippen molar-refractivity contribution in [2.45, 2.75) is 71.6 Å². The summed E-state index contributed by atoms with van der Waals surface area (Å²) >= 11 is 0. The molecule has 0 amide bonds. The standard InChI is InChI=1S/C20H30/c1-14-13-15-17-8-6-10-19(17,2)12-9-18(15)20(3)11-5-4-7-16(14)20/h7,15,17-18H,1,4-6,8-13H2,2-3H3/t15-,17-,18-,19-,20-/m0/s1. The molecular formula is C20H30. The van der Waals surface area contributed by atoms with Crippen molar-refractivity contribution in [1.29, 1.82) is 0 Å². The third kappa shape index (κ3) is 1.60. The largest absolute Gasteiger partial charge is 0.0955 e. The van der Waals surface area contributed by atoms with E-state index in [1.54, 1.807) is 5.57 Å². The van der Waals surface area contributed by atoms with E-state index in [1.165, 1.54) is 63.4 Å². The number of fused-ring (bicyclic) bond motifs is 5. The molecule has 0 spiro atoms. The minimum atomic E-state index is 0.474. The topological polar surface area (TPSA) is 0 Å². The second kappa shape index (κ2) is 4.24. The number of hydrogen-bond donors (Lipinski definition) is 0. The molecule has 0 radical (unpaired) electrons. The van der Waals surface area contributed by atoms with Gasteiger partial charge in [-0.05, 0) is 85.5 Å². The van der Waals surface area contributed by atoms with Crippen molar-refractivity contribution < 1.29 is 0 Å². The van der Waals surface area contributed by atoms with Gasteiger partial charge in [0.2, 0.25) is 0 Å². The predicted octanol–water partition coefficient (Wildman–Crippen LogP) is 5.90. The first-order valence-corrected chi connectivity index (χ1v) is 8.93. The summed E-state index contributed by atoms with van der Waals surface area (Å²) in [5, 5.41) is 0. The van der Waals surface area contributed by atoms with Gasteiger partial charge in [0.15, 0.2) is 0 Å². The van der Waals surface area contributed by atoms with Gasteiger partial charge in [0, 0.05) is 0 Å². The van der Waals surface area contributed by atoms with Crippen LogP contribution in [0.15, 0.2) is 23.8 Å². The molecule has 0 nitrogen and oxygen atoms in total. The lowest BCUT2D eigenvalue weighted by Crippen LogP contribution is -2.49. The van der Waals surface area contributed by atoms with E-state index >= 15 is 0 Å². The summed E-state index contributed by atoms with van der Waals surface area (Å²) in [7, 11) is 0. The lowest BCUT2D eigenvalue weighted by Gasteiger charge is -2.58. The van der Waals surface area contributed by atoms with E-state index in [0.29, 0.717) is 10.8 Å².